The predicted molar refractivity (Wildman–Crippen MR) is 43.7 cm³/mol. The van der Waals surface area contributed by atoms with Crippen molar-refractivity contribution in [2.45, 2.75) is 0 Å². The first-order valence-electron chi connectivity index (χ1n) is 3.48. The molecular weight excluding hydrogens is 194 g/mol. The van der Waals surface area contributed by atoms with Gasteiger partial charge in [-0.15, -0.1) is 0 Å². The van der Waals surface area contributed by atoms with Gasteiger partial charge >= 0.3 is 5.63 Å². The van der Waals surface area contributed by atoms with Gasteiger partial charge in [0.2, 0.25) is 5.15 Å². The molecule has 0 atom stereocenters. The van der Waals surface area contributed by atoms with Gasteiger partial charge in [-0.3, -0.25) is 4.52 Å². The average Bonchev–Trinajstić information content (AvgIpc) is 2.53. The largest absolute Gasteiger partial charge is 0.427 e. The van der Waals surface area contributed by atoms with Crippen molar-refractivity contribution in [1.29, 1.82) is 0 Å². The lowest BCUT2D eigenvalue weighted by atomic mass is 10.4. The molecule has 0 amide bonds. The molecule has 0 aliphatic heterocycles. The van der Waals surface area contributed by atoms with Gasteiger partial charge in [0.05, 0.1) is 0 Å². The van der Waals surface area contributed by atoms with E-state index in [2.05, 4.69) is 14.8 Å². The van der Waals surface area contributed by atoms with Crippen LogP contribution in [-0.4, -0.2) is 10.3 Å². The number of aromatic nitrogens is 3. The quantitative estimate of drug-likeness (QED) is 0.529. The lowest BCUT2D eigenvalue weighted by molar-refractivity contribution is -0.670. The summed E-state index contributed by atoms with van der Waals surface area (Å²) in [5, 5.41) is 2.66. The fraction of sp³-hybridized carbons (Fsp3) is 0. The fourth-order valence-corrected chi connectivity index (χ4v) is 1.14. The van der Waals surface area contributed by atoms with Crippen molar-refractivity contribution in [2.75, 3.05) is 0 Å². The Morgan fingerprint density at radius 1 is 1.62 bits per heavy atom. The minimum absolute atomic E-state index is 0.296. The second-order valence-electron chi connectivity index (χ2n) is 2.32. The number of nitrogens with zero attached hydrogens (tertiary/aromatic N) is 2. The highest BCUT2D eigenvalue weighted by atomic mass is 35.5. The monoisotopic (exact) mass is 198 g/mol. The van der Waals surface area contributed by atoms with Crippen LogP contribution >= 0.6 is 11.6 Å². The zero-order chi connectivity index (χ0) is 9.26. The zero-order valence-corrected chi connectivity index (χ0v) is 7.15. The van der Waals surface area contributed by atoms with Gasteiger partial charge in [0.25, 0.3) is 11.9 Å². The summed E-state index contributed by atoms with van der Waals surface area (Å²) in [4.78, 5) is 14.5. The molecule has 2 aromatic heterocycles. The first-order valence-corrected chi connectivity index (χ1v) is 3.86. The highest BCUT2D eigenvalue weighted by Gasteiger charge is 2.14. The summed E-state index contributed by atoms with van der Waals surface area (Å²) in [6.07, 6.45) is 2.80. The molecule has 6 heteroatoms. The molecule has 5 nitrogen and oxygen atoms in total. The van der Waals surface area contributed by atoms with Gasteiger partial charge in [-0.05, 0) is 16.0 Å². The van der Waals surface area contributed by atoms with Crippen molar-refractivity contribution in [3.05, 3.63) is 40.1 Å². The van der Waals surface area contributed by atoms with Gasteiger partial charge in [-0.2, -0.15) is 0 Å². The lowest BCUT2D eigenvalue weighted by Crippen LogP contribution is -2.32. The molecule has 0 radical (unpaired) electrons. The summed E-state index contributed by atoms with van der Waals surface area (Å²) in [5.74, 6) is 0. The molecular formula is C7H5ClN3O2+. The van der Waals surface area contributed by atoms with Crippen LogP contribution in [0.2, 0.25) is 5.15 Å². The standard InChI is InChI=1S/C7H4ClN3O2/c8-7-5(2-1-3-9-7)11-4-6(12)13-10-11/h1-4H/p+1. The van der Waals surface area contributed by atoms with E-state index in [1.165, 1.54) is 10.9 Å². The van der Waals surface area contributed by atoms with Gasteiger partial charge in [0.15, 0.2) is 0 Å². The van der Waals surface area contributed by atoms with E-state index < -0.39 is 5.63 Å². The summed E-state index contributed by atoms with van der Waals surface area (Å²) in [7, 11) is 0. The first kappa shape index (κ1) is 8.00. The normalized spacial score (nSPS) is 10.2. The predicted octanol–water partition coefficient (Wildman–Crippen LogP) is 0.293. The molecule has 66 valence electrons. The molecule has 0 aromatic carbocycles. The summed E-state index contributed by atoms with van der Waals surface area (Å²) in [6.45, 7) is 0. The van der Waals surface area contributed by atoms with E-state index >= 15 is 0 Å². The highest BCUT2D eigenvalue weighted by Crippen LogP contribution is 2.09. The number of hydrogen-bond acceptors (Lipinski definition) is 3. The molecule has 0 aliphatic rings. The molecule has 0 saturated heterocycles. The Labute approximate surface area is 77.5 Å². The van der Waals surface area contributed by atoms with Crippen LogP contribution in [0.5, 0.6) is 0 Å². The fourth-order valence-electron chi connectivity index (χ4n) is 0.928. The van der Waals surface area contributed by atoms with Crippen LogP contribution < -0.4 is 10.3 Å². The third-order valence-corrected chi connectivity index (χ3v) is 1.77. The van der Waals surface area contributed by atoms with E-state index in [1.807, 2.05) is 0 Å². The van der Waals surface area contributed by atoms with E-state index in [4.69, 9.17) is 11.6 Å². The smallest absolute Gasteiger partial charge is 0.283 e. The maximum atomic E-state index is 10.7. The Morgan fingerprint density at radius 2 is 2.46 bits per heavy atom. The molecule has 0 unspecified atom stereocenters. The van der Waals surface area contributed by atoms with Crippen molar-refractivity contribution in [2.24, 2.45) is 0 Å². The Balaban J connectivity index is 2.58. The topological polar surface area (TPSA) is 62.8 Å². The molecule has 2 heterocycles. The summed E-state index contributed by atoms with van der Waals surface area (Å²) in [5.41, 5.74) is 0.0925. The first-order chi connectivity index (χ1) is 6.27. The number of nitrogens with one attached hydrogen (secondary N) is 1. The minimum atomic E-state index is -0.472. The van der Waals surface area contributed by atoms with Gasteiger partial charge in [-0.25, -0.2) is 9.78 Å². The number of hydrogen-bond donors (Lipinski definition) is 1. The van der Waals surface area contributed by atoms with Gasteiger partial charge < -0.3 is 0 Å². The van der Waals surface area contributed by atoms with E-state index in [-0.39, 0.29) is 0 Å². The number of H-pyrrole nitrogens is 1. The minimum Gasteiger partial charge on any atom is -0.283 e. The zero-order valence-electron chi connectivity index (χ0n) is 6.40. The molecule has 2 rings (SSSR count). The number of aromatic amines is 1. The van der Waals surface area contributed by atoms with Crippen LogP contribution in [0, 0.1) is 0 Å². The van der Waals surface area contributed by atoms with Crippen LogP contribution in [0.1, 0.15) is 0 Å². The Morgan fingerprint density at radius 3 is 3.08 bits per heavy atom. The molecule has 0 spiro atoms. The van der Waals surface area contributed by atoms with E-state index in [0.717, 1.165) is 0 Å². The second kappa shape index (κ2) is 3.02. The van der Waals surface area contributed by atoms with E-state index in [9.17, 15) is 4.79 Å². The van der Waals surface area contributed by atoms with E-state index in [1.54, 1.807) is 18.3 Å². The Kier molecular flexibility index (Phi) is 1.86. The molecule has 0 aliphatic carbocycles. The third kappa shape index (κ3) is 1.46. The van der Waals surface area contributed by atoms with Crippen molar-refractivity contribution < 1.29 is 9.20 Å². The second-order valence-corrected chi connectivity index (χ2v) is 2.68. The van der Waals surface area contributed by atoms with Gasteiger partial charge in [-0.1, -0.05) is 11.6 Å². The highest BCUT2D eigenvalue weighted by molar-refractivity contribution is 6.30. The van der Waals surface area contributed by atoms with Crippen molar-refractivity contribution in [1.82, 2.24) is 10.3 Å². The third-order valence-electron chi connectivity index (χ3n) is 1.48. The maximum absolute atomic E-state index is 10.7. The van der Waals surface area contributed by atoms with Crippen LogP contribution in [0.4, 0.5) is 0 Å². The summed E-state index contributed by atoms with van der Waals surface area (Å²) >= 11 is 5.77. The SMILES string of the molecule is O=c1c[n+](-c2cccnc2Cl)[nH]o1. The average molecular weight is 199 g/mol. The van der Waals surface area contributed by atoms with Crippen LogP contribution in [0.3, 0.4) is 0 Å². The molecule has 0 fully saturated rings. The Bertz CT molecular complexity index is 476. The molecule has 1 N–H and O–H groups in total. The summed E-state index contributed by atoms with van der Waals surface area (Å²) < 4.78 is 5.83. The van der Waals surface area contributed by atoms with Crippen molar-refractivity contribution in [3.8, 4) is 5.69 Å². The maximum Gasteiger partial charge on any atom is 0.427 e. The van der Waals surface area contributed by atoms with E-state index in [0.29, 0.717) is 10.8 Å². The van der Waals surface area contributed by atoms with Crippen LogP contribution in [0.15, 0.2) is 33.8 Å². The lowest BCUT2D eigenvalue weighted by Gasteiger charge is -1.89. The number of pyridine rings is 1. The van der Waals surface area contributed by atoms with Crippen LogP contribution in [-0.2, 0) is 0 Å². The Hall–Kier alpha value is -1.62. The van der Waals surface area contributed by atoms with Crippen molar-refractivity contribution in [3.63, 3.8) is 0 Å². The molecule has 0 bridgehead atoms. The van der Waals surface area contributed by atoms with Crippen LogP contribution in [0.25, 0.3) is 5.69 Å². The molecule has 0 saturated carbocycles. The molecule has 13 heavy (non-hydrogen) atoms. The van der Waals surface area contributed by atoms with Crippen molar-refractivity contribution >= 4 is 11.6 Å². The number of rotatable bonds is 1. The molecule has 2 aromatic rings. The van der Waals surface area contributed by atoms with Gasteiger partial charge in [0, 0.05) is 12.3 Å². The number of halogens is 1. The van der Waals surface area contributed by atoms with Gasteiger partial charge in [0.1, 0.15) is 0 Å². The summed E-state index contributed by atoms with van der Waals surface area (Å²) in [6, 6.07) is 3.42.